The van der Waals surface area contributed by atoms with E-state index < -0.39 is 76.0 Å². The van der Waals surface area contributed by atoms with Crippen LogP contribution in [0.1, 0.15) is 61.7 Å². The van der Waals surface area contributed by atoms with E-state index in [0.717, 1.165) is 74.4 Å². The Labute approximate surface area is 356 Å². The maximum Gasteiger partial charge on any atom is 0.421 e. The van der Waals surface area contributed by atoms with Crippen molar-refractivity contribution in [2.24, 2.45) is 0 Å². The molecule has 3 aromatic heterocycles. The summed E-state index contributed by atoms with van der Waals surface area (Å²) in [6.07, 6.45) is -20.0. The number of nitrogens with zero attached hydrogens (tertiary/aromatic N) is 3. The molecule has 3 atom stereocenters. The molecule has 63 heavy (non-hydrogen) atoms. The van der Waals surface area contributed by atoms with Gasteiger partial charge in [-0.25, -0.2) is 4.18 Å². The van der Waals surface area contributed by atoms with Crippen molar-refractivity contribution < 1.29 is 91.3 Å². The third-order valence-corrected chi connectivity index (χ3v) is 8.49. The number of aryl methyl sites for hydroxylation is 1. The van der Waals surface area contributed by atoms with Crippen LogP contribution in [0.25, 0.3) is 10.8 Å². The second-order valence-corrected chi connectivity index (χ2v) is 14.3. The zero-order chi connectivity index (χ0) is 48.1. The normalized spacial score (nSPS) is 13.0. The molecular weight excluding hydrogens is 913 g/mol. The minimum atomic E-state index is -5.07. The van der Waals surface area contributed by atoms with Gasteiger partial charge in [-0.1, -0.05) is 30.3 Å². The molecule has 0 spiro atoms. The topological polar surface area (TPSA) is 212 Å². The highest BCUT2D eigenvalue weighted by Gasteiger charge is 2.46. The number of carbonyl (C=O) groups excluding carboxylic acids is 3. The van der Waals surface area contributed by atoms with E-state index in [1.54, 1.807) is 25.1 Å². The number of aromatic nitrogens is 3. The number of alkyl halides is 9. The Morgan fingerprint density at radius 3 is 1.41 bits per heavy atom. The molecule has 0 aliphatic rings. The zero-order valence-corrected chi connectivity index (χ0v) is 34.1. The number of hydrogen-bond donors (Lipinski definition) is 3. The summed E-state index contributed by atoms with van der Waals surface area (Å²) < 4.78 is 152. The predicted octanol–water partition coefficient (Wildman–Crippen LogP) is 8.23. The second-order valence-electron chi connectivity index (χ2n) is 12.2. The lowest BCUT2D eigenvalue weighted by Gasteiger charge is -2.20. The number of aliphatic hydroxyl groups is 2. The predicted molar refractivity (Wildman–Crippen MR) is 201 cm³/mol. The maximum absolute atomic E-state index is 13.6. The molecule has 3 unspecified atom stereocenters. The van der Waals surface area contributed by atoms with Crippen molar-refractivity contribution in [2.45, 2.75) is 69.4 Å². The van der Waals surface area contributed by atoms with Crippen molar-refractivity contribution >= 4 is 49.7 Å². The molecule has 0 aliphatic carbocycles. The average Bonchev–Trinajstić information content (AvgIpc) is 3.16. The molecule has 0 bridgehead atoms. The molecule has 3 heterocycles. The van der Waals surface area contributed by atoms with Crippen molar-refractivity contribution in [3.05, 3.63) is 114 Å². The van der Waals surface area contributed by atoms with Gasteiger partial charge in [-0.05, 0) is 71.9 Å². The van der Waals surface area contributed by atoms with Crippen LogP contribution >= 0.6 is 11.6 Å². The lowest BCUT2D eigenvalue weighted by molar-refractivity contribution is -0.208. The van der Waals surface area contributed by atoms with Gasteiger partial charge in [0.15, 0.2) is 12.2 Å². The molecule has 0 saturated carbocycles. The first kappa shape index (κ1) is 53.2. The lowest BCUT2D eigenvalue weighted by atomic mass is 10.1. The van der Waals surface area contributed by atoms with Gasteiger partial charge >= 0.3 is 30.5 Å². The second kappa shape index (κ2) is 22.4. The van der Waals surface area contributed by atoms with Gasteiger partial charge in [-0.15, -0.1) is 0 Å². The fourth-order valence-corrected chi connectivity index (χ4v) is 5.81. The molecule has 0 radical (unpaired) electrons. The molecule has 0 amide bonds. The largest absolute Gasteiger partial charge is 0.506 e. The minimum Gasteiger partial charge on any atom is -0.506 e. The first-order valence-electron chi connectivity index (χ1n) is 17.0. The van der Waals surface area contributed by atoms with Gasteiger partial charge in [0.1, 0.15) is 22.1 Å². The summed E-state index contributed by atoms with van der Waals surface area (Å²) in [5.41, 5.74) is -1.02. The first-order valence-corrected chi connectivity index (χ1v) is 18.8. The SMILES string of the molecule is CC(=O)Cl.CC(=O)Oc1ccc(C(O)C(F)(F)F)nc1.CC(=O)Oc1ccc(C(OS(=O)(=O)c2cccc3c(C)cccc23)C(F)(F)F)nc1.Oc1ccc(C(O)C(F)(F)F)nc1. The summed E-state index contributed by atoms with van der Waals surface area (Å²) in [7, 11) is -4.81. The van der Waals surface area contributed by atoms with Crippen molar-refractivity contribution in [3.8, 4) is 17.2 Å². The number of esters is 2. The van der Waals surface area contributed by atoms with Crippen LogP contribution in [0, 0.1) is 6.92 Å². The molecule has 14 nitrogen and oxygen atoms in total. The maximum atomic E-state index is 13.6. The number of aliphatic hydroxyl groups excluding tert-OH is 2. The summed E-state index contributed by atoms with van der Waals surface area (Å²) in [5.74, 6) is -1.60. The van der Waals surface area contributed by atoms with Crippen LogP contribution in [-0.4, -0.2) is 74.4 Å². The molecule has 5 rings (SSSR count). The minimum absolute atomic E-state index is 0.0191. The molecule has 25 heteroatoms. The Bertz CT molecular complexity index is 2420. The van der Waals surface area contributed by atoms with E-state index in [1.807, 2.05) is 0 Å². The van der Waals surface area contributed by atoms with Crippen LogP contribution in [0.3, 0.4) is 0 Å². The number of pyridine rings is 3. The summed E-state index contributed by atoms with van der Waals surface area (Å²) >= 11 is 4.64. The van der Waals surface area contributed by atoms with Crippen LogP contribution < -0.4 is 9.47 Å². The fraction of sp³-hybridized carbons (Fsp3) is 0.263. The molecule has 5 aromatic rings. The summed E-state index contributed by atoms with van der Waals surface area (Å²) in [6.45, 7) is 5.32. The quantitative estimate of drug-likeness (QED) is 0.0579. The van der Waals surface area contributed by atoms with E-state index >= 15 is 0 Å². The molecule has 2 aromatic carbocycles. The Morgan fingerprint density at radius 2 is 1.03 bits per heavy atom. The van der Waals surface area contributed by atoms with Crippen LogP contribution in [0.15, 0.2) is 96.3 Å². The Morgan fingerprint density at radius 1 is 0.619 bits per heavy atom. The molecule has 0 aliphatic heterocycles. The van der Waals surface area contributed by atoms with E-state index in [9.17, 15) is 62.3 Å². The monoisotopic (exact) mass is 945 g/mol. The van der Waals surface area contributed by atoms with Crippen molar-refractivity contribution in [1.29, 1.82) is 0 Å². The number of hydrogen-bond acceptors (Lipinski definition) is 14. The van der Waals surface area contributed by atoms with Crippen LogP contribution in [0.2, 0.25) is 0 Å². The Balaban J connectivity index is 0.000000346. The van der Waals surface area contributed by atoms with Crippen molar-refractivity contribution in [3.63, 3.8) is 0 Å². The van der Waals surface area contributed by atoms with Crippen molar-refractivity contribution in [1.82, 2.24) is 15.0 Å². The highest BCUT2D eigenvalue weighted by molar-refractivity contribution is 7.87. The molecule has 0 fully saturated rings. The van der Waals surface area contributed by atoms with E-state index in [4.69, 9.17) is 20.1 Å². The van der Waals surface area contributed by atoms with Gasteiger partial charge < -0.3 is 24.8 Å². The third-order valence-electron chi connectivity index (χ3n) is 7.15. The molecule has 0 saturated heterocycles. The Kier molecular flexibility index (Phi) is 18.9. The summed E-state index contributed by atoms with van der Waals surface area (Å²) in [4.78, 5) is 40.4. The van der Waals surface area contributed by atoms with E-state index in [2.05, 4.69) is 35.5 Å². The number of carbonyl (C=O) groups is 3. The molecule has 342 valence electrons. The van der Waals surface area contributed by atoms with Gasteiger partial charge in [-0.3, -0.25) is 29.3 Å². The number of benzene rings is 2. The van der Waals surface area contributed by atoms with Gasteiger partial charge in [-0.2, -0.15) is 47.9 Å². The zero-order valence-electron chi connectivity index (χ0n) is 32.5. The van der Waals surface area contributed by atoms with E-state index in [0.29, 0.717) is 5.39 Å². The van der Waals surface area contributed by atoms with E-state index in [1.165, 1.54) is 25.1 Å². The highest BCUT2D eigenvalue weighted by Crippen LogP contribution is 2.39. The number of ether oxygens (including phenoxy) is 2. The highest BCUT2D eigenvalue weighted by atomic mass is 35.5. The summed E-state index contributed by atoms with van der Waals surface area (Å²) in [6, 6.07) is 15.1. The van der Waals surface area contributed by atoms with Crippen LogP contribution in [0.5, 0.6) is 17.2 Å². The van der Waals surface area contributed by atoms with Crippen LogP contribution in [0.4, 0.5) is 39.5 Å². The van der Waals surface area contributed by atoms with Gasteiger partial charge in [0.2, 0.25) is 11.3 Å². The third kappa shape index (κ3) is 17.4. The van der Waals surface area contributed by atoms with Gasteiger partial charge in [0, 0.05) is 26.2 Å². The standard InChI is InChI=1S/C20H16F3NO5S.C9H8F3NO3.C7H6F3NO2.C2H3ClO/c1-12-5-3-7-16-15(12)6-4-8-18(16)30(26,27)29-19(20(21,22)23)17-10-9-14(11-24-17)28-13(2)25;1-5(14)16-6-2-3-7(13-4-6)8(15)9(10,11)12;8-7(9,10)6(13)5-2-1-4(12)3-11-5;1-2(3)4/h3-11,19H,1-2H3;2-4,8,15H,1H3;1-3,6,12-13H;1H3. The van der Waals surface area contributed by atoms with Crippen molar-refractivity contribution in [2.75, 3.05) is 0 Å². The number of rotatable bonds is 8. The van der Waals surface area contributed by atoms with E-state index in [-0.39, 0.29) is 32.8 Å². The number of aromatic hydroxyl groups is 1. The van der Waals surface area contributed by atoms with Gasteiger partial charge in [0.05, 0.1) is 35.7 Å². The fourth-order valence-electron chi connectivity index (χ4n) is 4.55. The van der Waals surface area contributed by atoms with Gasteiger partial charge in [0.25, 0.3) is 10.1 Å². The number of halogens is 10. The molecule has 3 N–H and O–H groups in total. The first-order chi connectivity index (χ1) is 28.9. The average molecular weight is 946 g/mol. The summed E-state index contributed by atoms with van der Waals surface area (Å²) in [5, 5.41) is 26.7. The number of fused-ring (bicyclic) bond motifs is 1. The smallest absolute Gasteiger partial charge is 0.421 e. The molecular formula is C38H33ClF9N3O11S. The Hall–Kier alpha value is -5.95. The van der Waals surface area contributed by atoms with Crippen LogP contribution in [-0.2, 0) is 28.7 Å². The lowest BCUT2D eigenvalue weighted by Crippen LogP contribution is -2.27.